The van der Waals surface area contributed by atoms with Crippen LogP contribution in [0.2, 0.25) is 0 Å². The minimum atomic E-state index is -0.178. The smallest absolute Gasteiger partial charge is 0.292 e. The van der Waals surface area contributed by atoms with E-state index in [4.69, 9.17) is 0 Å². The Hall–Kier alpha value is -3.06. The van der Waals surface area contributed by atoms with E-state index < -0.39 is 0 Å². The van der Waals surface area contributed by atoms with Crippen molar-refractivity contribution in [2.45, 2.75) is 6.92 Å². The second kappa shape index (κ2) is 5.86. The Kier molecular flexibility index (Phi) is 3.55. The van der Waals surface area contributed by atoms with Crippen LogP contribution in [0.4, 0.5) is 5.69 Å². The summed E-state index contributed by atoms with van der Waals surface area (Å²) in [6, 6.07) is 11.6. The number of benzene rings is 1. The van der Waals surface area contributed by atoms with Crippen molar-refractivity contribution in [2.75, 3.05) is 5.32 Å². The molecule has 0 atom stereocenters. The molecule has 0 saturated heterocycles. The summed E-state index contributed by atoms with van der Waals surface area (Å²) in [6.45, 7) is 2.03. The Morgan fingerprint density at radius 2 is 1.88 bits per heavy atom. The molecule has 0 bridgehead atoms. The highest BCUT2D eigenvalue weighted by Crippen LogP contribution is 2.14. The van der Waals surface area contributed by atoms with Crippen LogP contribution < -0.4 is 15.4 Å². The predicted molar refractivity (Wildman–Crippen MR) is 94.8 cm³/mol. The summed E-state index contributed by atoms with van der Waals surface area (Å²) in [5, 5.41) is 7.43. The van der Waals surface area contributed by atoms with Crippen molar-refractivity contribution in [2.24, 2.45) is 0 Å². The molecule has 0 spiro atoms. The summed E-state index contributed by atoms with van der Waals surface area (Å²) in [4.78, 5) is 21.4. The van der Waals surface area contributed by atoms with Gasteiger partial charge in [0.25, 0.3) is 5.56 Å². The van der Waals surface area contributed by atoms with E-state index in [0.717, 1.165) is 11.3 Å². The second-order valence-electron chi connectivity index (χ2n) is 5.29. The molecule has 3 aromatic heterocycles. The van der Waals surface area contributed by atoms with Crippen molar-refractivity contribution in [1.82, 2.24) is 19.6 Å². The van der Waals surface area contributed by atoms with Crippen molar-refractivity contribution >= 4 is 28.2 Å². The van der Waals surface area contributed by atoms with Gasteiger partial charge in [-0.25, -0.2) is 0 Å². The summed E-state index contributed by atoms with van der Waals surface area (Å²) < 4.78 is 1.90. The van der Waals surface area contributed by atoms with Gasteiger partial charge in [-0.3, -0.25) is 9.78 Å². The van der Waals surface area contributed by atoms with Crippen LogP contribution in [0.1, 0.15) is 5.56 Å². The molecule has 1 aromatic carbocycles. The topological polar surface area (TPSA) is 72.2 Å². The number of nitrogens with zero attached hydrogens (tertiary/aromatic N) is 4. The Morgan fingerprint density at radius 3 is 2.58 bits per heavy atom. The summed E-state index contributed by atoms with van der Waals surface area (Å²) >= 11 is 1.30. The number of aryl methyl sites for hydroxylation is 1. The largest absolute Gasteiger partial charge is 0.360 e. The quantitative estimate of drug-likeness (QED) is 0.621. The number of thiazole rings is 1. The van der Waals surface area contributed by atoms with Crippen LogP contribution in [0.5, 0.6) is 0 Å². The number of hydrogen-bond acceptors (Lipinski definition) is 6. The molecule has 0 aliphatic carbocycles. The lowest BCUT2D eigenvalue weighted by molar-refractivity contribution is 0.936. The number of anilines is 1. The molecule has 118 valence electrons. The van der Waals surface area contributed by atoms with Crippen molar-refractivity contribution in [3.63, 3.8) is 0 Å². The third-order valence-electron chi connectivity index (χ3n) is 3.54. The van der Waals surface area contributed by atoms with E-state index in [1.807, 2.05) is 43.3 Å². The molecule has 0 amide bonds. The van der Waals surface area contributed by atoms with Gasteiger partial charge in [0.2, 0.25) is 4.96 Å². The number of nitrogens with one attached hydrogen (secondary N) is 1. The number of fused-ring (bicyclic) bond motifs is 1. The fourth-order valence-corrected chi connectivity index (χ4v) is 3.09. The van der Waals surface area contributed by atoms with Gasteiger partial charge in [-0.1, -0.05) is 29.0 Å². The van der Waals surface area contributed by atoms with Gasteiger partial charge in [0.15, 0.2) is 5.82 Å². The van der Waals surface area contributed by atoms with E-state index in [9.17, 15) is 4.79 Å². The first-order chi connectivity index (χ1) is 11.7. The standard InChI is InChI=1S/C17H13N5OS/c1-11-2-4-13(5-3-11)19-10-14-16(23)22-17(24-14)20-15(21-22)12-6-8-18-9-7-12/h2-10,19H,1H3/b14-10-. The van der Waals surface area contributed by atoms with E-state index in [2.05, 4.69) is 20.4 Å². The molecule has 24 heavy (non-hydrogen) atoms. The van der Waals surface area contributed by atoms with Crippen LogP contribution in [-0.2, 0) is 0 Å². The summed E-state index contributed by atoms with van der Waals surface area (Å²) in [7, 11) is 0. The van der Waals surface area contributed by atoms with Crippen LogP contribution >= 0.6 is 11.3 Å². The summed E-state index contributed by atoms with van der Waals surface area (Å²) in [5.74, 6) is 0.527. The third kappa shape index (κ3) is 2.65. The van der Waals surface area contributed by atoms with Gasteiger partial charge in [0.1, 0.15) is 4.53 Å². The number of rotatable bonds is 3. The lowest BCUT2D eigenvalue weighted by Crippen LogP contribution is -2.24. The minimum absolute atomic E-state index is 0.178. The van der Waals surface area contributed by atoms with Crippen LogP contribution in [0.15, 0.2) is 53.6 Å². The van der Waals surface area contributed by atoms with Crippen molar-refractivity contribution in [1.29, 1.82) is 0 Å². The van der Waals surface area contributed by atoms with E-state index >= 15 is 0 Å². The molecule has 1 N–H and O–H groups in total. The van der Waals surface area contributed by atoms with Crippen molar-refractivity contribution < 1.29 is 0 Å². The van der Waals surface area contributed by atoms with Gasteiger partial charge >= 0.3 is 0 Å². The SMILES string of the molecule is Cc1ccc(N/C=c2\sc3nc(-c4ccncc4)nn3c2=O)cc1. The lowest BCUT2D eigenvalue weighted by Gasteiger charge is -1.99. The lowest BCUT2D eigenvalue weighted by atomic mass is 10.2. The molecule has 6 nitrogen and oxygen atoms in total. The molecule has 0 aliphatic heterocycles. The monoisotopic (exact) mass is 335 g/mol. The van der Waals surface area contributed by atoms with Gasteiger partial charge in [0.05, 0.1) is 0 Å². The highest BCUT2D eigenvalue weighted by molar-refractivity contribution is 7.15. The normalized spacial score (nSPS) is 12.0. The van der Waals surface area contributed by atoms with E-state index in [1.54, 1.807) is 18.6 Å². The third-order valence-corrected chi connectivity index (χ3v) is 4.50. The minimum Gasteiger partial charge on any atom is -0.360 e. The first-order valence-electron chi connectivity index (χ1n) is 7.34. The van der Waals surface area contributed by atoms with Gasteiger partial charge in [-0.05, 0) is 31.2 Å². The first kappa shape index (κ1) is 14.5. The van der Waals surface area contributed by atoms with E-state index in [-0.39, 0.29) is 5.56 Å². The summed E-state index contributed by atoms with van der Waals surface area (Å²) in [6.07, 6.45) is 5.04. The number of pyridine rings is 1. The molecule has 0 radical (unpaired) electrons. The Bertz CT molecular complexity index is 1100. The molecule has 4 aromatic rings. The Labute approximate surface area is 141 Å². The van der Waals surface area contributed by atoms with Gasteiger partial charge in [-0.2, -0.15) is 9.50 Å². The van der Waals surface area contributed by atoms with Gasteiger partial charge < -0.3 is 5.32 Å². The maximum Gasteiger partial charge on any atom is 0.292 e. The zero-order valence-corrected chi connectivity index (χ0v) is 13.6. The predicted octanol–water partition coefficient (Wildman–Crippen LogP) is 2.09. The zero-order chi connectivity index (χ0) is 16.5. The van der Waals surface area contributed by atoms with Crippen LogP contribution in [0.25, 0.3) is 22.5 Å². The fourth-order valence-electron chi connectivity index (χ4n) is 2.26. The molecule has 0 fully saturated rings. The molecule has 0 aliphatic rings. The molecule has 7 heteroatoms. The van der Waals surface area contributed by atoms with Gasteiger partial charge in [-0.15, -0.1) is 5.10 Å². The number of aromatic nitrogens is 4. The van der Waals surface area contributed by atoms with Crippen LogP contribution in [0, 0.1) is 6.92 Å². The highest BCUT2D eigenvalue weighted by Gasteiger charge is 2.11. The summed E-state index contributed by atoms with van der Waals surface area (Å²) in [5.41, 5.74) is 2.77. The molecular weight excluding hydrogens is 322 g/mol. The van der Waals surface area contributed by atoms with Crippen LogP contribution in [-0.4, -0.2) is 19.6 Å². The molecule has 3 heterocycles. The van der Waals surface area contributed by atoms with E-state index in [1.165, 1.54) is 21.4 Å². The fraction of sp³-hybridized carbons (Fsp3) is 0.0588. The van der Waals surface area contributed by atoms with Crippen molar-refractivity contribution in [3.05, 3.63) is 69.2 Å². The van der Waals surface area contributed by atoms with Crippen molar-refractivity contribution in [3.8, 4) is 11.4 Å². The molecular formula is C17H13N5OS. The number of hydrogen-bond donors (Lipinski definition) is 1. The zero-order valence-electron chi connectivity index (χ0n) is 12.8. The van der Waals surface area contributed by atoms with E-state index in [0.29, 0.717) is 15.3 Å². The molecule has 0 saturated carbocycles. The van der Waals surface area contributed by atoms with Crippen LogP contribution in [0.3, 0.4) is 0 Å². The Morgan fingerprint density at radius 1 is 1.12 bits per heavy atom. The highest BCUT2D eigenvalue weighted by atomic mass is 32.1. The maximum atomic E-state index is 12.4. The average Bonchev–Trinajstić information content (AvgIpc) is 3.15. The molecule has 0 unspecified atom stereocenters. The average molecular weight is 335 g/mol. The second-order valence-corrected chi connectivity index (χ2v) is 6.30. The first-order valence-corrected chi connectivity index (χ1v) is 8.16. The molecule has 4 rings (SSSR count). The Balaban J connectivity index is 1.69. The maximum absolute atomic E-state index is 12.4. The van der Waals surface area contributed by atoms with Gasteiger partial charge in [0, 0.05) is 29.8 Å².